The van der Waals surface area contributed by atoms with Crippen LogP contribution < -0.4 is 5.32 Å². The topological polar surface area (TPSA) is 54.7 Å². The largest absolute Gasteiger partial charge is 0.339 e. The van der Waals surface area contributed by atoms with Crippen LogP contribution in [0.1, 0.15) is 5.56 Å². The Morgan fingerprint density at radius 1 is 1.36 bits per heavy atom. The van der Waals surface area contributed by atoms with Crippen LogP contribution in [0.25, 0.3) is 0 Å². The van der Waals surface area contributed by atoms with E-state index in [1.54, 1.807) is 0 Å². The summed E-state index contributed by atoms with van der Waals surface area (Å²) < 4.78 is 0. The molecule has 0 saturated carbocycles. The highest BCUT2D eigenvalue weighted by molar-refractivity contribution is 8.13. The number of thioether (sulfide) groups is 1. The van der Waals surface area contributed by atoms with Crippen molar-refractivity contribution in [2.75, 3.05) is 25.2 Å². The van der Waals surface area contributed by atoms with Crippen LogP contribution in [0.5, 0.6) is 0 Å². The van der Waals surface area contributed by atoms with Gasteiger partial charge in [-0.2, -0.15) is 5.26 Å². The third kappa shape index (κ3) is 2.39. The lowest BCUT2D eigenvalue weighted by Crippen LogP contribution is -2.39. The molecule has 0 fully saturated rings. The number of nitriles is 1. The summed E-state index contributed by atoms with van der Waals surface area (Å²) in [4.78, 5) is 4.58. The van der Waals surface area contributed by atoms with Gasteiger partial charge in [0.05, 0.1) is 0 Å². The number of hydrogen-bond acceptors (Lipinski definition) is 6. The Labute approximate surface area is 134 Å². The third-order valence-corrected chi connectivity index (χ3v) is 4.36. The minimum Gasteiger partial charge on any atom is -0.339 e. The lowest BCUT2D eigenvalue weighted by molar-refractivity contribution is 0.110. The molecular formula is C16H17N5S. The number of fused-ring (bicyclic) bond motifs is 1. The Bertz CT molecular complexity index is 741. The molecular weight excluding hydrogens is 294 g/mol. The molecule has 2 aliphatic heterocycles. The van der Waals surface area contributed by atoms with Gasteiger partial charge in [0, 0.05) is 19.3 Å². The molecule has 1 aromatic carbocycles. The predicted octanol–water partition coefficient (Wildman–Crippen LogP) is 2.92. The standard InChI is InChI=1S/C16H17N5S/c1-11-6-4-5-7-13(11)18-15-12(10-17)16(22-3)19-14-8-9-20(2)21(14)15/h4-8,18H,9H2,1-3H3. The number of para-hydroxylation sites is 1. The molecule has 22 heavy (non-hydrogen) atoms. The average molecular weight is 311 g/mol. The molecule has 1 N–H and O–H groups in total. The van der Waals surface area contributed by atoms with E-state index in [-0.39, 0.29) is 0 Å². The maximum absolute atomic E-state index is 9.61. The van der Waals surface area contributed by atoms with Crippen LogP contribution in [-0.2, 0) is 0 Å². The summed E-state index contributed by atoms with van der Waals surface area (Å²) in [5.74, 6) is 1.63. The second kappa shape index (κ2) is 5.87. The molecule has 0 saturated heterocycles. The maximum atomic E-state index is 9.61. The molecule has 5 nitrogen and oxygen atoms in total. The number of rotatable bonds is 2. The van der Waals surface area contributed by atoms with Crippen LogP contribution in [-0.4, -0.2) is 34.9 Å². The number of anilines is 1. The van der Waals surface area contributed by atoms with Gasteiger partial charge in [-0.3, -0.25) is 0 Å². The van der Waals surface area contributed by atoms with Crippen LogP contribution in [0.3, 0.4) is 0 Å². The molecule has 112 valence electrons. The van der Waals surface area contributed by atoms with Gasteiger partial charge < -0.3 is 5.32 Å². The predicted molar refractivity (Wildman–Crippen MR) is 90.9 cm³/mol. The van der Waals surface area contributed by atoms with E-state index in [0.717, 1.165) is 34.5 Å². The summed E-state index contributed by atoms with van der Waals surface area (Å²) in [5.41, 5.74) is 2.70. The smallest absolute Gasteiger partial charge is 0.148 e. The van der Waals surface area contributed by atoms with Crippen molar-refractivity contribution in [3.8, 4) is 6.07 Å². The number of aryl methyl sites for hydroxylation is 1. The van der Waals surface area contributed by atoms with Gasteiger partial charge >= 0.3 is 0 Å². The third-order valence-electron chi connectivity index (χ3n) is 3.68. The van der Waals surface area contributed by atoms with E-state index in [4.69, 9.17) is 0 Å². The highest BCUT2D eigenvalue weighted by Crippen LogP contribution is 2.33. The highest BCUT2D eigenvalue weighted by atomic mass is 32.2. The molecule has 0 aromatic heterocycles. The molecule has 0 unspecified atom stereocenters. The zero-order valence-corrected chi connectivity index (χ0v) is 13.6. The normalized spacial score (nSPS) is 17.8. The van der Waals surface area contributed by atoms with Gasteiger partial charge in [0.2, 0.25) is 0 Å². The lowest BCUT2D eigenvalue weighted by Gasteiger charge is -2.34. The van der Waals surface area contributed by atoms with Crippen LogP contribution in [0.4, 0.5) is 5.69 Å². The van der Waals surface area contributed by atoms with Crippen molar-refractivity contribution >= 4 is 22.5 Å². The van der Waals surface area contributed by atoms with Gasteiger partial charge in [0.15, 0.2) is 0 Å². The van der Waals surface area contributed by atoms with Gasteiger partial charge in [0.25, 0.3) is 0 Å². The van der Waals surface area contributed by atoms with Gasteiger partial charge in [-0.1, -0.05) is 18.2 Å². The Balaban J connectivity index is 2.09. The number of nitrogens with zero attached hydrogens (tertiary/aromatic N) is 4. The van der Waals surface area contributed by atoms with Crippen molar-refractivity contribution in [3.63, 3.8) is 0 Å². The second-order valence-electron chi connectivity index (χ2n) is 5.11. The number of benzene rings is 1. The molecule has 0 atom stereocenters. The number of nitrogens with one attached hydrogen (secondary N) is 1. The molecule has 0 bridgehead atoms. The Morgan fingerprint density at radius 2 is 2.14 bits per heavy atom. The van der Waals surface area contributed by atoms with Gasteiger partial charge in [0.1, 0.15) is 28.3 Å². The Hall–Kier alpha value is -2.23. The lowest BCUT2D eigenvalue weighted by atomic mass is 10.2. The first kappa shape index (κ1) is 14.7. The fourth-order valence-corrected chi connectivity index (χ4v) is 3.04. The van der Waals surface area contributed by atoms with Crippen LogP contribution in [0, 0.1) is 18.3 Å². The Kier molecular flexibility index (Phi) is 3.92. The monoisotopic (exact) mass is 311 g/mol. The fraction of sp³-hybridized carbons (Fsp3) is 0.250. The average Bonchev–Trinajstić information content (AvgIpc) is 2.90. The summed E-state index contributed by atoms with van der Waals surface area (Å²) in [7, 11) is 1.98. The quantitative estimate of drug-likeness (QED) is 0.910. The summed E-state index contributed by atoms with van der Waals surface area (Å²) in [5, 5.41) is 17.8. The van der Waals surface area contributed by atoms with Crippen molar-refractivity contribution < 1.29 is 0 Å². The molecule has 0 spiro atoms. The molecule has 6 heteroatoms. The maximum Gasteiger partial charge on any atom is 0.148 e. The summed E-state index contributed by atoms with van der Waals surface area (Å²) in [6, 6.07) is 10.3. The van der Waals surface area contributed by atoms with Crippen molar-refractivity contribution in [2.24, 2.45) is 4.99 Å². The van der Waals surface area contributed by atoms with Gasteiger partial charge in [-0.25, -0.2) is 15.0 Å². The van der Waals surface area contributed by atoms with E-state index in [1.807, 2.05) is 54.5 Å². The summed E-state index contributed by atoms with van der Waals surface area (Å²) in [6.45, 7) is 2.82. The number of likely N-dealkylation sites (N-methyl/N-ethyl adjacent to an activating group) is 1. The number of hydrazine groups is 1. The van der Waals surface area contributed by atoms with E-state index in [2.05, 4.69) is 22.5 Å². The van der Waals surface area contributed by atoms with Crippen molar-refractivity contribution in [1.29, 1.82) is 5.26 Å². The van der Waals surface area contributed by atoms with E-state index in [9.17, 15) is 5.26 Å². The molecule has 1 aromatic rings. The molecule has 3 rings (SSSR count). The van der Waals surface area contributed by atoms with E-state index in [1.165, 1.54) is 11.8 Å². The molecule has 0 radical (unpaired) electrons. The first-order valence-electron chi connectivity index (χ1n) is 6.97. The van der Waals surface area contributed by atoms with Crippen LogP contribution in [0.2, 0.25) is 0 Å². The van der Waals surface area contributed by atoms with E-state index < -0.39 is 0 Å². The number of hydrogen-bond donors (Lipinski definition) is 1. The van der Waals surface area contributed by atoms with Crippen molar-refractivity contribution in [1.82, 2.24) is 10.0 Å². The molecule has 0 amide bonds. The fourth-order valence-electron chi connectivity index (χ4n) is 2.51. The van der Waals surface area contributed by atoms with Crippen molar-refractivity contribution in [3.05, 3.63) is 53.1 Å². The first-order valence-corrected chi connectivity index (χ1v) is 8.19. The van der Waals surface area contributed by atoms with Crippen LogP contribution >= 0.6 is 11.8 Å². The van der Waals surface area contributed by atoms with E-state index in [0.29, 0.717) is 5.57 Å². The van der Waals surface area contributed by atoms with Crippen LogP contribution in [0.15, 0.2) is 52.5 Å². The van der Waals surface area contributed by atoms with Crippen molar-refractivity contribution in [2.45, 2.75) is 6.92 Å². The molecule has 0 aliphatic carbocycles. The minimum absolute atomic E-state index is 0.571. The molecule has 2 aliphatic rings. The Morgan fingerprint density at radius 3 is 2.82 bits per heavy atom. The highest BCUT2D eigenvalue weighted by Gasteiger charge is 2.32. The van der Waals surface area contributed by atoms with Gasteiger partial charge in [-0.15, -0.1) is 11.8 Å². The van der Waals surface area contributed by atoms with Gasteiger partial charge in [-0.05, 0) is 30.9 Å². The first-order chi connectivity index (χ1) is 10.7. The summed E-state index contributed by atoms with van der Waals surface area (Å²) >= 11 is 1.49. The zero-order valence-electron chi connectivity index (χ0n) is 12.8. The zero-order chi connectivity index (χ0) is 15.7. The van der Waals surface area contributed by atoms with E-state index >= 15 is 0 Å². The minimum atomic E-state index is 0.571. The number of aliphatic imine (C=N–C) groups is 1. The SMILES string of the molecule is CSC1=NC2=CCN(C)N2C(Nc2ccccc2C)=C1C#N. The molecule has 2 heterocycles. The second-order valence-corrected chi connectivity index (χ2v) is 5.91. The summed E-state index contributed by atoms with van der Waals surface area (Å²) in [6.07, 6.45) is 4.00.